The number of aliphatic hydroxyl groups is 1. The van der Waals surface area contributed by atoms with Gasteiger partial charge < -0.3 is 14.8 Å². The first-order valence-corrected chi connectivity index (χ1v) is 10.0. The maximum Gasteiger partial charge on any atom is 0.236 e. The average Bonchev–Trinajstić information content (AvgIpc) is 3.28. The number of hydrogen-bond donors (Lipinski definition) is 2. The number of aryl methyl sites for hydroxylation is 1. The molecule has 4 rings (SSSR count). The van der Waals surface area contributed by atoms with Crippen molar-refractivity contribution >= 4 is 17.2 Å². The van der Waals surface area contributed by atoms with Crippen molar-refractivity contribution in [2.45, 2.75) is 45.4 Å². The van der Waals surface area contributed by atoms with Gasteiger partial charge in [-0.15, -0.1) is 11.3 Å². The zero-order valence-corrected chi connectivity index (χ0v) is 16.0. The molecule has 3 heterocycles. The van der Waals surface area contributed by atoms with Crippen LogP contribution in [0.25, 0.3) is 10.8 Å². The van der Waals surface area contributed by atoms with E-state index in [-0.39, 0.29) is 11.9 Å². The molecule has 1 saturated carbocycles. The van der Waals surface area contributed by atoms with E-state index in [1.54, 1.807) is 11.3 Å². The van der Waals surface area contributed by atoms with Crippen molar-refractivity contribution in [2.24, 2.45) is 11.8 Å². The van der Waals surface area contributed by atoms with Crippen LogP contribution in [0.5, 0.6) is 0 Å². The van der Waals surface area contributed by atoms with Gasteiger partial charge in [0.1, 0.15) is 5.76 Å². The molecule has 2 aromatic rings. The van der Waals surface area contributed by atoms with Crippen molar-refractivity contribution in [2.75, 3.05) is 13.1 Å². The summed E-state index contributed by atoms with van der Waals surface area (Å²) in [5, 5.41) is 15.3. The van der Waals surface area contributed by atoms with E-state index < -0.39 is 6.10 Å². The standard InChI is InChI=1S/C19H25N3O3S/c1-11-16(21-19(25-11)18-4-3-5-26-18)10-22-8-13-6-15(20-12(2)23)17(24)7-14(13)9-22/h3-5,13-15,17,24H,6-10H2,1-2H3,(H,20,23)/t13-,14+,15-,17-/m1/s1. The molecular formula is C19H25N3O3S. The summed E-state index contributed by atoms with van der Waals surface area (Å²) in [6.07, 6.45) is 1.16. The lowest BCUT2D eigenvalue weighted by Gasteiger charge is -2.35. The third-order valence-electron chi connectivity index (χ3n) is 5.60. The number of rotatable bonds is 4. The predicted molar refractivity (Wildman–Crippen MR) is 99.7 cm³/mol. The van der Waals surface area contributed by atoms with Gasteiger partial charge in [0.2, 0.25) is 11.8 Å². The number of thiophene rings is 1. The Morgan fingerprint density at radius 3 is 2.88 bits per heavy atom. The summed E-state index contributed by atoms with van der Waals surface area (Å²) in [6, 6.07) is 3.91. The van der Waals surface area contributed by atoms with Crippen LogP contribution in [0.4, 0.5) is 0 Å². The molecule has 1 aliphatic carbocycles. The maximum atomic E-state index is 11.3. The van der Waals surface area contributed by atoms with Gasteiger partial charge in [-0.3, -0.25) is 9.69 Å². The first-order valence-electron chi connectivity index (χ1n) is 9.17. The minimum Gasteiger partial charge on any atom is -0.440 e. The molecule has 0 unspecified atom stereocenters. The number of oxazole rings is 1. The molecule has 1 amide bonds. The largest absolute Gasteiger partial charge is 0.440 e. The number of nitrogens with one attached hydrogen (secondary N) is 1. The van der Waals surface area contributed by atoms with E-state index in [0.717, 1.165) is 48.8 Å². The number of carbonyl (C=O) groups is 1. The fraction of sp³-hybridized carbons (Fsp3) is 0.579. The predicted octanol–water partition coefficient (Wildman–Crippen LogP) is 2.42. The normalized spacial score (nSPS) is 28.9. The summed E-state index contributed by atoms with van der Waals surface area (Å²) in [4.78, 5) is 19.5. The number of fused-ring (bicyclic) bond motifs is 1. The molecule has 4 atom stereocenters. The molecule has 26 heavy (non-hydrogen) atoms. The Bertz CT molecular complexity index is 773. The summed E-state index contributed by atoms with van der Waals surface area (Å²) in [5.74, 6) is 2.50. The Morgan fingerprint density at radius 1 is 1.42 bits per heavy atom. The summed E-state index contributed by atoms with van der Waals surface area (Å²) in [7, 11) is 0. The van der Waals surface area contributed by atoms with Gasteiger partial charge in [-0.1, -0.05) is 6.07 Å². The number of likely N-dealkylation sites (tertiary alicyclic amines) is 1. The Hall–Kier alpha value is -1.70. The molecule has 2 fully saturated rings. The quantitative estimate of drug-likeness (QED) is 0.858. The molecule has 1 aliphatic heterocycles. The maximum absolute atomic E-state index is 11.3. The monoisotopic (exact) mass is 375 g/mol. The second-order valence-corrected chi connectivity index (χ2v) is 8.51. The fourth-order valence-corrected chi connectivity index (χ4v) is 5.01. The fourth-order valence-electron chi connectivity index (χ4n) is 4.37. The van der Waals surface area contributed by atoms with Gasteiger partial charge in [0.15, 0.2) is 0 Å². The van der Waals surface area contributed by atoms with Crippen molar-refractivity contribution in [1.29, 1.82) is 0 Å². The van der Waals surface area contributed by atoms with Crippen LogP contribution in [-0.4, -0.2) is 46.1 Å². The van der Waals surface area contributed by atoms with Crippen molar-refractivity contribution in [3.8, 4) is 10.8 Å². The van der Waals surface area contributed by atoms with Crippen LogP contribution >= 0.6 is 11.3 Å². The lowest BCUT2D eigenvalue weighted by Crippen LogP contribution is -2.48. The average molecular weight is 375 g/mol. The Kier molecular flexibility index (Phi) is 4.86. The second-order valence-electron chi connectivity index (χ2n) is 7.56. The topological polar surface area (TPSA) is 78.6 Å². The van der Waals surface area contributed by atoms with Gasteiger partial charge in [-0.05, 0) is 43.0 Å². The van der Waals surface area contributed by atoms with Crippen molar-refractivity contribution in [1.82, 2.24) is 15.2 Å². The first kappa shape index (κ1) is 17.7. The number of amides is 1. The minimum absolute atomic E-state index is 0.0679. The lowest BCUT2D eigenvalue weighted by molar-refractivity contribution is -0.121. The molecule has 7 heteroatoms. The minimum atomic E-state index is -0.445. The molecule has 0 radical (unpaired) electrons. The first-order chi connectivity index (χ1) is 12.5. The van der Waals surface area contributed by atoms with Gasteiger partial charge in [0.05, 0.1) is 22.7 Å². The Labute approximate surface area is 157 Å². The molecular weight excluding hydrogens is 350 g/mol. The highest BCUT2D eigenvalue weighted by Gasteiger charge is 2.42. The third kappa shape index (κ3) is 3.56. The summed E-state index contributed by atoms with van der Waals surface area (Å²) in [6.45, 7) is 6.20. The van der Waals surface area contributed by atoms with Crippen LogP contribution in [0.15, 0.2) is 21.9 Å². The number of hydrogen-bond acceptors (Lipinski definition) is 6. The van der Waals surface area contributed by atoms with Crippen LogP contribution in [0.1, 0.15) is 31.2 Å². The Balaban J connectivity index is 1.41. The molecule has 0 aromatic carbocycles. The van der Waals surface area contributed by atoms with Gasteiger partial charge in [-0.2, -0.15) is 0 Å². The van der Waals surface area contributed by atoms with Crippen LogP contribution in [0, 0.1) is 18.8 Å². The molecule has 140 valence electrons. The van der Waals surface area contributed by atoms with Crippen LogP contribution in [0.2, 0.25) is 0 Å². The van der Waals surface area contributed by atoms with E-state index in [4.69, 9.17) is 9.40 Å². The van der Waals surface area contributed by atoms with Crippen LogP contribution in [-0.2, 0) is 11.3 Å². The number of carbonyl (C=O) groups excluding carboxylic acids is 1. The number of aliphatic hydroxyl groups excluding tert-OH is 1. The van der Waals surface area contributed by atoms with Gasteiger partial charge >= 0.3 is 0 Å². The van der Waals surface area contributed by atoms with Crippen molar-refractivity contribution in [3.63, 3.8) is 0 Å². The zero-order chi connectivity index (χ0) is 18.3. The van der Waals surface area contributed by atoms with E-state index in [1.807, 2.05) is 24.4 Å². The van der Waals surface area contributed by atoms with Gasteiger partial charge in [-0.25, -0.2) is 4.98 Å². The van der Waals surface area contributed by atoms with Crippen molar-refractivity contribution in [3.05, 3.63) is 29.0 Å². The van der Waals surface area contributed by atoms with Gasteiger partial charge in [0, 0.05) is 26.6 Å². The molecule has 2 aromatic heterocycles. The second kappa shape index (κ2) is 7.13. The molecule has 6 nitrogen and oxygen atoms in total. The molecule has 0 spiro atoms. The molecule has 2 N–H and O–H groups in total. The Morgan fingerprint density at radius 2 is 2.19 bits per heavy atom. The van der Waals surface area contributed by atoms with Crippen LogP contribution < -0.4 is 5.32 Å². The summed E-state index contributed by atoms with van der Waals surface area (Å²) < 4.78 is 5.85. The SMILES string of the molecule is CC(=O)N[C@@H]1C[C@@H]2CN(Cc3nc(-c4cccs4)oc3C)C[C@@H]2C[C@H]1O. The number of aromatic nitrogens is 1. The molecule has 0 bridgehead atoms. The van der Waals surface area contributed by atoms with Gasteiger partial charge in [0.25, 0.3) is 0 Å². The highest BCUT2D eigenvalue weighted by molar-refractivity contribution is 7.13. The third-order valence-corrected chi connectivity index (χ3v) is 6.46. The molecule has 2 aliphatic rings. The van der Waals surface area contributed by atoms with E-state index in [0.29, 0.717) is 17.7 Å². The smallest absolute Gasteiger partial charge is 0.236 e. The van der Waals surface area contributed by atoms with Crippen molar-refractivity contribution < 1.29 is 14.3 Å². The van der Waals surface area contributed by atoms with E-state index in [9.17, 15) is 9.90 Å². The lowest BCUT2D eigenvalue weighted by atomic mass is 9.77. The summed E-state index contributed by atoms with van der Waals surface area (Å²) >= 11 is 1.63. The highest BCUT2D eigenvalue weighted by Crippen LogP contribution is 2.37. The summed E-state index contributed by atoms with van der Waals surface area (Å²) in [5.41, 5.74) is 0.992. The zero-order valence-electron chi connectivity index (χ0n) is 15.1. The van der Waals surface area contributed by atoms with E-state index in [1.165, 1.54) is 6.92 Å². The van der Waals surface area contributed by atoms with E-state index >= 15 is 0 Å². The highest BCUT2D eigenvalue weighted by atomic mass is 32.1. The number of nitrogens with zero attached hydrogens (tertiary/aromatic N) is 2. The van der Waals surface area contributed by atoms with Crippen LogP contribution in [0.3, 0.4) is 0 Å². The van der Waals surface area contributed by atoms with E-state index in [2.05, 4.69) is 10.2 Å². The molecule has 1 saturated heterocycles.